The molecule has 1 aliphatic heterocycles. The Morgan fingerprint density at radius 2 is 1.80 bits per heavy atom. The first-order valence-electron chi connectivity index (χ1n) is 8.19. The van der Waals surface area contributed by atoms with E-state index in [1.807, 2.05) is 36.4 Å². The van der Waals surface area contributed by atoms with Gasteiger partial charge < -0.3 is 9.64 Å². The number of tetrazole rings is 1. The van der Waals surface area contributed by atoms with E-state index in [1.165, 1.54) is 4.63 Å². The monoisotopic (exact) mass is 359 g/mol. The van der Waals surface area contributed by atoms with Gasteiger partial charge in [-0.25, -0.2) is 0 Å². The molecule has 3 aromatic rings. The third kappa shape index (κ3) is 3.80. The number of rotatable bonds is 5. The van der Waals surface area contributed by atoms with Gasteiger partial charge in [-0.3, -0.25) is 4.90 Å². The maximum Gasteiger partial charge on any atom is 0.200 e. The Labute approximate surface area is 149 Å². The molecule has 0 bridgehead atoms. The fraction of sp³-hybridized carbons (Fsp3) is 0.375. The molecule has 1 fully saturated rings. The van der Waals surface area contributed by atoms with Crippen LogP contribution in [-0.4, -0.2) is 69.5 Å². The predicted molar refractivity (Wildman–Crippen MR) is 94.2 cm³/mol. The van der Waals surface area contributed by atoms with Gasteiger partial charge in [0.2, 0.25) is 0 Å². The summed E-state index contributed by atoms with van der Waals surface area (Å²) < 4.78 is 7.22. The minimum Gasteiger partial charge on any atom is -0.492 e. The largest absolute Gasteiger partial charge is 0.492 e. The van der Waals surface area contributed by atoms with Crippen molar-refractivity contribution < 1.29 is 4.74 Å². The number of hydrogen-bond acceptors (Lipinski definition) is 7. The predicted octanol–water partition coefficient (Wildman–Crippen LogP) is 1.37. The Kier molecular flexibility index (Phi) is 4.62. The Morgan fingerprint density at radius 3 is 2.60 bits per heavy atom. The van der Waals surface area contributed by atoms with Crippen LogP contribution in [0.3, 0.4) is 0 Å². The van der Waals surface area contributed by atoms with Gasteiger partial charge in [0, 0.05) is 37.7 Å². The topological polar surface area (TPSA) is 71.7 Å². The number of anilines is 1. The SMILES string of the molecule is Clc1ccc(OCCN2CCN(c3ccc4nnnn4n3)CC2)cc1. The van der Waals surface area contributed by atoms with Gasteiger partial charge in [0.1, 0.15) is 12.4 Å². The van der Waals surface area contributed by atoms with Crippen molar-refractivity contribution in [2.24, 2.45) is 0 Å². The fourth-order valence-electron chi connectivity index (χ4n) is 2.83. The Balaban J connectivity index is 1.25. The second kappa shape index (κ2) is 7.20. The van der Waals surface area contributed by atoms with Crippen LogP contribution in [0.2, 0.25) is 5.02 Å². The number of piperazine rings is 1. The van der Waals surface area contributed by atoms with Gasteiger partial charge in [0.05, 0.1) is 0 Å². The number of hydrogen-bond donors (Lipinski definition) is 0. The Hall–Kier alpha value is -2.45. The summed E-state index contributed by atoms with van der Waals surface area (Å²) in [6, 6.07) is 11.3. The van der Waals surface area contributed by atoms with Crippen LogP contribution < -0.4 is 9.64 Å². The lowest BCUT2D eigenvalue weighted by molar-refractivity contribution is 0.200. The molecule has 9 heteroatoms. The number of benzene rings is 1. The summed E-state index contributed by atoms with van der Waals surface area (Å²) in [5, 5.41) is 16.5. The molecule has 3 heterocycles. The van der Waals surface area contributed by atoms with E-state index >= 15 is 0 Å². The zero-order chi connectivity index (χ0) is 17.1. The summed E-state index contributed by atoms with van der Waals surface area (Å²) in [5.41, 5.74) is 0.654. The van der Waals surface area contributed by atoms with Crippen LogP contribution >= 0.6 is 11.6 Å². The summed E-state index contributed by atoms with van der Waals surface area (Å²) in [6.45, 7) is 5.34. The van der Waals surface area contributed by atoms with Crippen molar-refractivity contribution >= 4 is 23.1 Å². The molecule has 130 valence electrons. The van der Waals surface area contributed by atoms with E-state index in [1.54, 1.807) is 0 Å². The quantitative estimate of drug-likeness (QED) is 0.681. The van der Waals surface area contributed by atoms with Gasteiger partial charge in [-0.05, 0) is 46.8 Å². The molecule has 0 N–H and O–H groups in total. The van der Waals surface area contributed by atoms with Crippen LogP contribution in [0.15, 0.2) is 36.4 Å². The van der Waals surface area contributed by atoms with Crippen LogP contribution in [0.5, 0.6) is 5.75 Å². The zero-order valence-electron chi connectivity index (χ0n) is 13.6. The molecular weight excluding hydrogens is 342 g/mol. The summed E-state index contributed by atoms with van der Waals surface area (Å²) in [5.74, 6) is 1.75. The molecule has 0 radical (unpaired) electrons. The molecule has 25 heavy (non-hydrogen) atoms. The maximum atomic E-state index is 5.87. The second-order valence-corrected chi connectivity index (χ2v) is 6.29. The summed E-state index contributed by atoms with van der Waals surface area (Å²) in [7, 11) is 0. The molecule has 1 saturated heterocycles. The van der Waals surface area contributed by atoms with E-state index in [4.69, 9.17) is 16.3 Å². The number of halogens is 1. The lowest BCUT2D eigenvalue weighted by Crippen LogP contribution is -2.47. The van der Waals surface area contributed by atoms with E-state index in [2.05, 4.69) is 30.4 Å². The van der Waals surface area contributed by atoms with Crippen molar-refractivity contribution in [1.29, 1.82) is 0 Å². The Morgan fingerprint density at radius 1 is 1.00 bits per heavy atom. The first-order valence-corrected chi connectivity index (χ1v) is 8.57. The third-order valence-electron chi connectivity index (χ3n) is 4.24. The minimum atomic E-state index is 0.654. The summed E-state index contributed by atoms with van der Waals surface area (Å²) >= 11 is 5.87. The molecule has 4 rings (SSSR count). The normalized spacial score (nSPS) is 15.6. The van der Waals surface area contributed by atoms with Gasteiger partial charge in [0.15, 0.2) is 11.5 Å². The highest BCUT2D eigenvalue weighted by Gasteiger charge is 2.18. The highest BCUT2D eigenvalue weighted by Crippen LogP contribution is 2.16. The molecule has 0 saturated carbocycles. The van der Waals surface area contributed by atoms with Crippen LogP contribution in [0.1, 0.15) is 0 Å². The third-order valence-corrected chi connectivity index (χ3v) is 4.49. The van der Waals surface area contributed by atoms with Crippen molar-refractivity contribution in [2.45, 2.75) is 0 Å². The molecule has 0 unspecified atom stereocenters. The molecule has 1 aliphatic rings. The number of fused-ring (bicyclic) bond motifs is 1. The maximum absolute atomic E-state index is 5.87. The first-order chi connectivity index (χ1) is 12.3. The summed E-state index contributed by atoms with van der Waals surface area (Å²) in [4.78, 5) is 4.64. The van der Waals surface area contributed by atoms with Crippen LogP contribution in [0.4, 0.5) is 5.82 Å². The van der Waals surface area contributed by atoms with E-state index in [9.17, 15) is 0 Å². The van der Waals surface area contributed by atoms with Crippen LogP contribution in [0.25, 0.3) is 5.65 Å². The lowest BCUT2D eigenvalue weighted by atomic mass is 10.3. The second-order valence-electron chi connectivity index (χ2n) is 5.85. The molecule has 0 spiro atoms. The zero-order valence-corrected chi connectivity index (χ0v) is 14.4. The van der Waals surface area contributed by atoms with E-state index in [0.717, 1.165) is 49.3 Å². The molecular formula is C16H18ClN7O. The molecule has 8 nitrogen and oxygen atoms in total. The van der Waals surface area contributed by atoms with Gasteiger partial charge in [-0.1, -0.05) is 11.6 Å². The standard InChI is InChI=1S/C16H18ClN7O/c17-13-1-3-14(4-2-13)25-12-11-22-7-9-23(10-8-22)16-6-5-15-18-20-21-24(15)19-16/h1-6H,7-12H2. The highest BCUT2D eigenvalue weighted by molar-refractivity contribution is 6.30. The van der Waals surface area contributed by atoms with Gasteiger partial charge >= 0.3 is 0 Å². The first kappa shape index (κ1) is 16.0. The number of ether oxygens (including phenoxy) is 1. The Bertz CT molecular complexity index is 830. The van der Waals surface area contributed by atoms with Crippen molar-refractivity contribution in [3.05, 3.63) is 41.4 Å². The van der Waals surface area contributed by atoms with Crippen molar-refractivity contribution in [3.8, 4) is 5.75 Å². The average Bonchev–Trinajstić information content (AvgIpc) is 3.12. The van der Waals surface area contributed by atoms with Gasteiger partial charge in [0.25, 0.3) is 0 Å². The lowest BCUT2D eigenvalue weighted by Gasteiger charge is -2.35. The number of nitrogens with zero attached hydrogens (tertiary/aromatic N) is 7. The van der Waals surface area contributed by atoms with E-state index in [-0.39, 0.29) is 0 Å². The molecule has 2 aromatic heterocycles. The van der Waals surface area contributed by atoms with E-state index in [0.29, 0.717) is 12.3 Å². The van der Waals surface area contributed by atoms with Crippen molar-refractivity contribution in [1.82, 2.24) is 30.2 Å². The number of aromatic nitrogens is 5. The average molecular weight is 360 g/mol. The molecule has 0 atom stereocenters. The minimum absolute atomic E-state index is 0.654. The van der Waals surface area contributed by atoms with Crippen molar-refractivity contribution in [3.63, 3.8) is 0 Å². The van der Waals surface area contributed by atoms with Gasteiger partial charge in [-0.2, -0.15) is 0 Å². The summed E-state index contributed by atoms with van der Waals surface area (Å²) in [6.07, 6.45) is 0. The van der Waals surface area contributed by atoms with Crippen molar-refractivity contribution in [2.75, 3.05) is 44.2 Å². The van der Waals surface area contributed by atoms with Crippen LogP contribution in [0, 0.1) is 0 Å². The molecule has 1 aromatic carbocycles. The highest BCUT2D eigenvalue weighted by atomic mass is 35.5. The van der Waals surface area contributed by atoms with E-state index < -0.39 is 0 Å². The fourth-order valence-corrected chi connectivity index (χ4v) is 2.96. The van der Waals surface area contributed by atoms with Gasteiger partial charge in [-0.15, -0.1) is 14.8 Å². The molecule has 0 aliphatic carbocycles. The van der Waals surface area contributed by atoms with Crippen LogP contribution in [-0.2, 0) is 0 Å². The molecule has 0 amide bonds. The smallest absolute Gasteiger partial charge is 0.200 e.